The molecule has 0 atom stereocenters. The van der Waals surface area contributed by atoms with Gasteiger partial charge in [-0.05, 0) is 48.7 Å². The number of amides is 1. The third kappa shape index (κ3) is 4.79. The fourth-order valence-corrected chi connectivity index (χ4v) is 3.38. The molecule has 166 valence electrons. The van der Waals surface area contributed by atoms with E-state index in [0.29, 0.717) is 5.69 Å². The molecule has 2 heterocycles. The zero-order valence-corrected chi connectivity index (χ0v) is 18.4. The van der Waals surface area contributed by atoms with Crippen LogP contribution in [0.2, 0.25) is 0 Å². The number of carbonyl (C=O) groups excluding carboxylic acids is 1. The zero-order chi connectivity index (χ0) is 23.4. The van der Waals surface area contributed by atoms with Crippen molar-refractivity contribution in [2.24, 2.45) is 0 Å². The van der Waals surface area contributed by atoms with Gasteiger partial charge in [0.25, 0.3) is 11.5 Å². The molecule has 0 spiro atoms. The van der Waals surface area contributed by atoms with E-state index in [0.717, 1.165) is 31.5 Å². The summed E-state index contributed by atoms with van der Waals surface area (Å²) in [5.41, 5.74) is 2.28. The number of rotatable bonds is 6. The summed E-state index contributed by atoms with van der Waals surface area (Å²) in [6, 6.07) is 18.2. The minimum atomic E-state index is -0.740. The number of hydrogen-bond acceptors (Lipinski definition) is 5. The molecule has 0 aliphatic carbocycles. The Bertz CT molecular complexity index is 1410. The Morgan fingerprint density at radius 1 is 0.970 bits per heavy atom. The van der Waals surface area contributed by atoms with Gasteiger partial charge in [0, 0.05) is 18.9 Å². The van der Waals surface area contributed by atoms with Gasteiger partial charge in [-0.15, -0.1) is 0 Å². The minimum absolute atomic E-state index is 0.0294. The molecule has 0 saturated carbocycles. The van der Waals surface area contributed by atoms with Crippen LogP contribution in [-0.2, 0) is 13.1 Å². The third-order valence-electron chi connectivity index (χ3n) is 5.32. The zero-order valence-electron chi connectivity index (χ0n) is 18.4. The molecule has 8 heteroatoms. The van der Waals surface area contributed by atoms with Crippen molar-refractivity contribution in [2.45, 2.75) is 26.9 Å². The van der Waals surface area contributed by atoms with Crippen LogP contribution in [0.15, 0.2) is 82.6 Å². The molecule has 2 aromatic heterocycles. The summed E-state index contributed by atoms with van der Waals surface area (Å²) in [6.07, 6.45) is 3.26. The molecular formula is C25H23N5O3. The number of nitrogens with one attached hydrogen (secondary N) is 1. The molecule has 1 N–H and O–H groups in total. The lowest BCUT2D eigenvalue weighted by atomic mass is 10.1. The van der Waals surface area contributed by atoms with Crippen LogP contribution in [0.5, 0.6) is 0 Å². The molecule has 33 heavy (non-hydrogen) atoms. The first kappa shape index (κ1) is 21.9. The molecule has 1 amide bonds. The van der Waals surface area contributed by atoms with Gasteiger partial charge in [0.2, 0.25) is 5.69 Å². The highest BCUT2D eigenvalue weighted by Crippen LogP contribution is 2.09. The second kappa shape index (κ2) is 9.44. The summed E-state index contributed by atoms with van der Waals surface area (Å²) in [5.74, 6) is -0.664. The van der Waals surface area contributed by atoms with Gasteiger partial charge in [0.15, 0.2) is 0 Å². The third-order valence-corrected chi connectivity index (χ3v) is 5.32. The summed E-state index contributed by atoms with van der Waals surface area (Å²) in [7, 11) is 0. The first-order valence-corrected chi connectivity index (χ1v) is 10.5. The van der Waals surface area contributed by atoms with Crippen molar-refractivity contribution in [3.8, 4) is 5.69 Å². The van der Waals surface area contributed by atoms with Gasteiger partial charge in [-0.2, -0.15) is 9.78 Å². The van der Waals surface area contributed by atoms with Crippen molar-refractivity contribution in [3.63, 3.8) is 0 Å². The summed E-state index contributed by atoms with van der Waals surface area (Å²) in [6.45, 7) is 4.04. The smallest absolute Gasteiger partial charge is 0.346 e. The molecule has 4 aromatic rings. The van der Waals surface area contributed by atoms with Crippen molar-refractivity contribution in [2.75, 3.05) is 0 Å². The number of benzene rings is 2. The number of aryl methyl sites for hydroxylation is 2. The molecule has 4 rings (SSSR count). The van der Waals surface area contributed by atoms with Gasteiger partial charge >= 0.3 is 5.69 Å². The molecule has 0 unspecified atom stereocenters. The molecule has 0 aliphatic heterocycles. The van der Waals surface area contributed by atoms with Crippen LogP contribution in [0.3, 0.4) is 0 Å². The number of hydrogen-bond donors (Lipinski definition) is 1. The largest absolute Gasteiger partial charge is 0.352 e. The topological polar surface area (TPSA) is 98.9 Å². The number of pyridine rings is 1. The van der Waals surface area contributed by atoms with Gasteiger partial charge in [-0.25, -0.2) is 4.79 Å². The maximum Gasteiger partial charge on any atom is 0.352 e. The van der Waals surface area contributed by atoms with Crippen molar-refractivity contribution in [1.29, 1.82) is 0 Å². The van der Waals surface area contributed by atoms with E-state index in [1.165, 1.54) is 0 Å². The van der Waals surface area contributed by atoms with Crippen molar-refractivity contribution in [1.82, 2.24) is 24.6 Å². The summed E-state index contributed by atoms with van der Waals surface area (Å²) >= 11 is 0. The predicted octanol–water partition coefficient (Wildman–Crippen LogP) is 2.38. The van der Waals surface area contributed by atoms with Crippen LogP contribution >= 0.6 is 0 Å². The fourth-order valence-electron chi connectivity index (χ4n) is 3.38. The molecular weight excluding hydrogens is 418 g/mol. The van der Waals surface area contributed by atoms with E-state index >= 15 is 0 Å². The number of nitrogens with zero attached hydrogens (tertiary/aromatic N) is 4. The highest BCUT2D eigenvalue weighted by Gasteiger charge is 2.20. The molecule has 0 fully saturated rings. The van der Waals surface area contributed by atoms with E-state index < -0.39 is 17.2 Å². The van der Waals surface area contributed by atoms with Crippen LogP contribution in [0.4, 0.5) is 0 Å². The van der Waals surface area contributed by atoms with E-state index in [4.69, 9.17) is 0 Å². The van der Waals surface area contributed by atoms with Crippen LogP contribution in [0, 0.1) is 13.8 Å². The molecule has 2 aromatic carbocycles. The predicted molar refractivity (Wildman–Crippen MR) is 125 cm³/mol. The lowest BCUT2D eigenvalue weighted by Gasteiger charge is -2.13. The summed E-state index contributed by atoms with van der Waals surface area (Å²) in [4.78, 5) is 43.4. The van der Waals surface area contributed by atoms with E-state index in [1.807, 2.05) is 56.3 Å². The molecule has 0 bridgehead atoms. The second-order valence-corrected chi connectivity index (χ2v) is 7.74. The lowest BCUT2D eigenvalue weighted by molar-refractivity contribution is 0.0941. The van der Waals surface area contributed by atoms with Crippen molar-refractivity contribution >= 4 is 5.91 Å². The second-order valence-electron chi connectivity index (χ2n) is 7.74. The van der Waals surface area contributed by atoms with Crippen LogP contribution < -0.4 is 16.6 Å². The highest BCUT2D eigenvalue weighted by molar-refractivity contribution is 5.91. The summed E-state index contributed by atoms with van der Waals surface area (Å²) in [5, 5.41) is 6.85. The van der Waals surface area contributed by atoms with Crippen molar-refractivity contribution in [3.05, 3.63) is 122 Å². The molecule has 0 saturated heterocycles. The quantitative estimate of drug-likeness (QED) is 0.495. The molecule has 8 nitrogen and oxygen atoms in total. The Hall–Kier alpha value is -4.33. The Kier molecular flexibility index (Phi) is 6.26. The first-order chi connectivity index (χ1) is 15.9. The average Bonchev–Trinajstić information content (AvgIpc) is 2.83. The van der Waals surface area contributed by atoms with Gasteiger partial charge in [-0.1, -0.05) is 48.0 Å². The summed E-state index contributed by atoms with van der Waals surface area (Å²) < 4.78 is 2.15. The highest BCUT2D eigenvalue weighted by atomic mass is 16.2. The Morgan fingerprint density at radius 2 is 1.73 bits per heavy atom. The fraction of sp³-hybridized carbons (Fsp3) is 0.160. The van der Waals surface area contributed by atoms with Crippen LogP contribution in [-0.4, -0.2) is 25.2 Å². The minimum Gasteiger partial charge on any atom is -0.346 e. The van der Waals surface area contributed by atoms with E-state index in [1.54, 1.807) is 30.6 Å². The van der Waals surface area contributed by atoms with Crippen LogP contribution in [0.1, 0.15) is 32.7 Å². The van der Waals surface area contributed by atoms with Crippen molar-refractivity contribution < 1.29 is 4.79 Å². The van der Waals surface area contributed by atoms with E-state index in [-0.39, 0.29) is 18.8 Å². The lowest BCUT2D eigenvalue weighted by Crippen LogP contribution is -2.46. The van der Waals surface area contributed by atoms with Gasteiger partial charge in [0.1, 0.15) is 0 Å². The number of aromatic nitrogens is 4. The van der Waals surface area contributed by atoms with Gasteiger partial charge < -0.3 is 5.32 Å². The van der Waals surface area contributed by atoms with Gasteiger partial charge in [0.05, 0.1) is 12.2 Å². The normalized spacial score (nSPS) is 10.7. The van der Waals surface area contributed by atoms with E-state index in [2.05, 4.69) is 15.4 Å². The maximum atomic E-state index is 13.3. The number of carbonyl (C=O) groups is 1. The maximum absolute atomic E-state index is 13.3. The molecule has 0 aliphatic rings. The van der Waals surface area contributed by atoms with Crippen LogP contribution in [0.25, 0.3) is 5.69 Å². The Morgan fingerprint density at radius 3 is 2.42 bits per heavy atom. The van der Waals surface area contributed by atoms with Gasteiger partial charge in [-0.3, -0.25) is 19.1 Å². The Labute approximate surface area is 190 Å². The monoisotopic (exact) mass is 441 g/mol. The first-order valence-electron chi connectivity index (χ1n) is 10.5. The molecule has 0 radical (unpaired) electrons. The standard InChI is InChI=1S/C25H23N5O3/c1-17-9-11-21(12-10-17)30-25(33)29(16-20-8-4-3-6-18(20)2)24(32)22(28-30)23(31)27-15-19-7-5-13-26-14-19/h3-14H,15-16H2,1-2H3,(H,27,31). The Balaban J connectivity index is 1.79. The average molecular weight is 441 g/mol. The SMILES string of the molecule is Cc1ccc(-n2nc(C(=O)NCc3cccnc3)c(=O)n(Cc3ccccc3C)c2=O)cc1. The van der Waals surface area contributed by atoms with E-state index in [9.17, 15) is 14.4 Å².